The first kappa shape index (κ1) is 20.1. The van der Waals surface area contributed by atoms with E-state index < -0.39 is 21.3 Å². The lowest BCUT2D eigenvalue weighted by molar-refractivity contribution is 0.191. The fourth-order valence-corrected chi connectivity index (χ4v) is 4.30. The molecule has 1 heterocycles. The molecule has 1 aliphatic rings. The Hall–Kier alpha value is -1.24. The molecule has 0 spiro atoms. The van der Waals surface area contributed by atoms with Crippen LogP contribution in [0, 0.1) is 0 Å². The average molecular weight is 392 g/mol. The van der Waals surface area contributed by atoms with Crippen LogP contribution in [0.1, 0.15) is 0 Å². The summed E-state index contributed by atoms with van der Waals surface area (Å²) in [6.07, 6.45) is 0. The second kappa shape index (κ2) is 8.92. The largest absolute Gasteiger partial charge is 0.760 e. The van der Waals surface area contributed by atoms with Gasteiger partial charge in [0, 0.05) is 56.6 Å². The number of piperazine rings is 1. The lowest BCUT2D eigenvalue weighted by Crippen LogP contribution is -2.49. The van der Waals surface area contributed by atoms with Crippen molar-refractivity contribution in [2.75, 3.05) is 53.5 Å². The van der Waals surface area contributed by atoms with Crippen LogP contribution in [0.3, 0.4) is 0 Å². The number of methoxy groups -OCH3 is 2. The molecule has 1 fully saturated rings. The zero-order valence-electron chi connectivity index (χ0n) is 14.1. The minimum atomic E-state index is -3.62. The Morgan fingerprint density at radius 3 is 2.36 bits per heavy atom. The SMILES string of the molecule is COc1ccc(S(=O)(=O)N2CCN(CCNS(=O)[O-])CC2)cc1OC. The highest BCUT2D eigenvalue weighted by atomic mass is 32.2. The van der Waals surface area contributed by atoms with Crippen molar-refractivity contribution in [2.24, 2.45) is 0 Å². The molecule has 0 aromatic heterocycles. The molecule has 142 valence electrons. The van der Waals surface area contributed by atoms with Crippen LogP contribution in [0.4, 0.5) is 0 Å². The van der Waals surface area contributed by atoms with Gasteiger partial charge in [-0.2, -0.15) is 4.31 Å². The molecule has 9 nitrogen and oxygen atoms in total. The summed E-state index contributed by atoms with van der Waals surface area (Å²) in [5, 5.41) is 0. The highest BCUT2D eigenvalue weighted by Crippen LogP contribution is 2.30. The molecule has 1 unspecified atom stereocenters. The van der Waals surface area contributed by atoms with Crippen LogP contribution in [0.25, 0.3) is 0 Å². The van der Waals surface area contributed by atoms with Crippen molar-refractivity contribution >= 4 is 21.3 Å². The number of sulfonamides is 1. The number of ether oxygens (including phenoxy) is 2. The summed E-state index contributed by atoms with van der Waals surface area (Å²) in [5.41, 5.74) is 0. The molecule has 0 saturated carbocycles. The number of hydrogen-bond acceptors (Lipinski definition) is 7. The molecule has 1 atom stereocenters. The van der Waals surface area contributed by atoms with Crippen LogP contribution >= 0.6 is 0 Å². The number of rotatable bonds is 8. The van der Waals surface area contributed by atoms with Gasteiger partial charge in [-0.15, -0.1) is 0 Å². The smallest absolute Gasteiger partial charge is 0.243 e. The van der Waals surface area contributed by atoms with Crippen LogP contribution in [0.5, 0.6) is 11.5 Å². The summed E-state index contributed by atoms with van der Waals surface area (Å²) in [4.78, 5) is 2.17. The van der Waals surface area contributed by atoms with Crippen molar-refractivity contribution in [1.82, 2.24) is 13.9 Å². The molecule has 11 heteroatoms. The summed E-state index contributed by atoms with van der Waals surface area (Å²) >= 11 is -2.28. The van der Waals surface area contributed by atoms with Crippen molar-refractivity contribution in [3.8, 4) is 11.5 Å². The van der Waals surface area contributed by atoms with E-state index in [-0.39, 0.29) is 4.90 Å². The fourth-order valence-electron chi connectivity index (χ4n) is 2.61. The predicted molar refractivity (Wildman–Crippen MR) is 91.7 cm³/mol. The molecule has 1 aromatic carbocycles. The maximum Gasteiger partial charge on any atom is 0.243 e. The van der Waals surface area contributed by atoms with E-state index in [1.165, 1.54) is 30.7 Å². The second-order valence-electron chi connectivity index (χ2n) is 5.39. The maximum atomic E-state index is 12.8. The molecule has 0 amide bonds. The van der Waals surface area contributed by atoms with E-state index in [1.807, 2.05) is 4.90 Å². The lowest BCUT2D eigenvalue weighted by atomic mass is 10.3. The van der Waals surface area contributed by atoms with Gasteiger partial charge in [0.25, 0.3) is 0 Å². The first-order valence-corrected chi connectivity index (χ1v) is 10.2. The molecule has 0 aliphatic carbocycles. The van der Waals surface area contributed by atoms with Gasteiger partial charge < -0.3 is 14.0 Å². The Bertz CT molecular complexity index is 705. The van der Waals surface area contributed by atoms with Gasteiger partial charge in [0.15, 0.2) is 11.5 Å². The highest BCUT2D eigenvalue weighted by molar-refractivity contribution is 7.89. The van der Waals surface area contributed by atoms with Gasteiger partial charge in [0.2, 0.25) is 10.0 Å². The third kappa shape index (κ3) is 5.12. The topological polar surface area (TPSA) is 111 Å². The normalized spacial score (nSPS) is 18.0. The summed E-state index contributed by atoms with van der Waals surface area (Å²) in [7, 11) is -0.677. The van der Waals surface area contributed by atoms with Gasteiger partial charge in [0.05, 0.1) is 19.1 Å². The van der Waals surface area contributed by atoms with Gasteiger partial charge >= 0.3 is 0 Å². The van der Waals surface area contributed by atoms with Gasteiger partial charge in [-0.05, 0) is 12.1 Å². The van der Waals surface area contributed by atoms with Gasteiger partial charge in [-0.25, -0.2) is 13.1 Å². The first-order valence-electron chi connectivity index (χ1n) is 7.65. The molecule has 2 rings (SSSR count). The van der Waals surface area contributed by atoms with Crippen molar-refractivity contribution in [3.63, 3.8) is 0 Å². The van der Waals surface area contributed by atoms with Gasteiger partial charge in [-0.1, -0.05) is 0 Å². The summed E-state index contributed by atoms with van der Waals surface area (Å²) in [6, 6.07) is 4.52. The monoisotopic (exact) mass is 392 g/mol. The van der Waals surface area contributed by atoms with Crippen LogP contribution in [0.15, 0.2) is 23.1 Å². The Kier molecular flexibility index (Phi) is 7.16. The van der Waals surface area contributed by atoms with Crippen LogP contribution < -0.4 is 14.2 Å². The zero-order chi connectivity index (χ0) is 18.4. The third-order valence-corrected chi connectivity index (χ3v) is 6.31. The standard InChI is InChI=1S/C14H23N3O6S2/c1-22-13-4-3-12(11-14(13)23-2)25(20,21)17-9-7-16(8-10-17)6-5-15-24(18)19/h3-4,11,15H,5-10H2,1-2H3,(H,18,19)/p-1. The van der Waals surface area contributed by atoms with E-state index in [0.717, 1.165) is 0 Å². The first-order chi connectivity index (χ1) is 11.9. The number of nitrogens with one attached hydrogen (secondary N) is 1. The minimum Gasteiger partial charge on any atom is -0.760 e. The van der Waals surface area contributed by atoms with E-state index in [0.29, 0.717) is 50.8 Å². The number of nitrogens with zero attached hydrogens (tertiary/aromatic N) is 2. The van der Waals surface area contributed by atoms with Crippen LogP contribution in [0.2, 0.25) is 0 Å². The molecule has 25 heavy (non-hydrogen) atoms. The molecular weight excluding hydrogens is 370 g/mol. The molecule has 0 radical (unpaired) electrons. The van der Waals surface area contributed by atoms with Crippen molar-refractivity contribution < 1.29 is 26.7 Å². The fraction of sp³-hybridized carbons (Fsp3) is 0.571. The van der Waals surface area contributed by atoms with E-state index in [9.17, 15) is 17.2 Å². The van der Waals surface area contributed by atoms with Crippen LogP contribution in [-0.4, -0.2) is 79.9 Å². The number of benzene rings is 1. The number of hydrogen-bond donors (Lipinski definition) is 1. The molecular formula is C14H22N3O6S2-. The summed E-state index contributed by atoms with van der Waals surface area (Å²) in [6.45, 7) is 2.62. The molecule has 1 aliphatic heterocycles. The van der Waals surface area contributed by atoms with Crippen molar-refractivity contribution in [3.05, 3.63) is 18.2 Å². The molecule has 1 saturated heterocycles. The predicted octanol–water partition coefficient (Wildman–Crippen LogP) is -0.606. The minimum absolute atomic E-state index is 0.155. The van der Waals surface area contributed by atoms with E-state index in [1.54, 1.807) is 6.07 Å². The lowest BCUT2D eigenvalue weighted by Gasteiger charge is -2.34. The van der Waals surface area contributed by atoms with E-state index in [2.05, 4.69) is 4.72 Å². The van der Waals surface area contributed by atoms with Gasteiger partial charge in [-0.3, -0.25) is 9.11 Å². The van der Waals surface area contributed by atoms with Crippen molar-refractivity contribution in [1.29, 1.82) is 0 Å². The summed E-state index contributed by atoms with van der Waals surface area (Å²) < 4.78 is 60.5. The van der Waals surface area contributed by atoms with E-state index >= 15 is 0 Å². The zero-order valence-corrected chi connectivity index (χ0v) is 15.8. The molecule has 1 aromatic rings. The summed E-state index contributed by atoms with van der Waals surface area (Å²) in [5.74, 6) is 0.827. The Labute approximate surface area is 150 Å². The van der Waals surface area contributed by atoms with Gasteiger partial charge in [0.1, 0.15) is 0 Å². The maximum absolute atomic E-state index is 12.8. The second-order valence-corrected chi connectivity index (χ2v) is 8.09. The van der Waals surface area contributed by atoms with E-state index in [4.69, 9.17) is 9.47 Å². The Morgan fingerprint density at radius 2 is 1.80 bits per heavy atom. The van der Waals surface area contributed by atoms with Crippen molar-refractivity contribution in [2.45, 2.75) is 4.90 Å². The quantitative estimate of drug-likeness (QED) is 0.588. The van der Waals surface area contributed by atoms with Crippen LogP contribution in [-0.2, 0) is 21.3 Å². The Morgan fingerprint density at radius 1 is 1.16 bits per heavy atom. The average Bonchev–Trinajstić information content (AvgIpc) is 2.61. The molecule has 0 bridgehead atoms. The third-order valence-electron chi connectivity index (χ3n) is 3.97. The highest BCUT2D eigenvalue weighted by Gasteiger charge is 2.29. The molecule has 1 N–H and O–H groups in total. The Balaban J connectivity index is 2.01.